The van der Waals surface area contributed by atoms with Crippen molar-refractivity contribution in [2.24, 2.45) is 0 Å². The van der Waals surface area contributed by atoms with Crippen molar-refractivity contribution >= 4 is 0 Å². The van der Waals surface area contributed by atoms with Crippen LogP contribution in [0.5, 0.6) is 5.88 Å². The third-order valence-corrected chi connectivity index (χ3v) is 1.86. The molecule has 0 aliphatic rings. The summed E-state index contributed by atoms with van der Waals surface area (Å²) in [4.78, 5) is 4.11. The van der Waals surface area contributed by atoms with Crippen LogP contribution in [0.25, 0.3) is 0 Å². The summed E-state index contributed by atoms with van der Waals surface area (Å²) in [5.41, 5.74) is 1.17. The van der Waals surface area contributed by atoms with E-state index in [2.05, 4.69) is 10.3 Å². The molecule has 0 fully saturated rings. The standard InChI is InChI=1S/C11H18N2O2/c1-3-14-6-7-15-11-8-10(9-12-2)4-5-13-11/h4-5,8,12H,3,6-7,9H2,1-2H3. The van der Waals surface area contributed by atoms with Crippen molar-refractivity contribution in [2.45, 2.75) is 13.5 Å². The molecule has 0 spiro atoms. The molecule has 1 rings (SSSR count). The predicted octanol–water partition coefficient (Wildman–Crippen LogP) is 1.22. The molecule has 4 nitrogen and oxygen atoms in total. The van der Waals surface area contributed by atoms with Gasteiger partial charge < -0.3 is 14.8 Å². The van der Waals surface area contributed by atoms with Crippen molar-refractivity contribution < 1.29 is 9.47 Å². The molecule has 1 heterocycles. The van der Waals surface area contributed by atoms with Crippen molar-refractivity contribution in [3.05, 3.63) is 23.9 Å². The lowest BCUT2D eigenvalue weighted by Crippen LogP contribution is -2.08. The van der Waals surface area contributed by atoms with Gasteiger partial charge in [0, 0.05) is 25.4 Å². The normalized spacial score (nSPS) is 10.3. The van der Waals surface area contributed by atoms with Crippen molar-refractivity contribution in [3.8, 4) is 5.88 Å². The van der Waals surface area contributed by atoms with E-state index >= 15 is 0 Å². The first-order valence-corrected chi connectivity index (χ1v) is 5.17. The van der Waals surface area contributed by atoms with E-state index in [0.29, 0.717) is 19.1 Å². The summed E-state index contributed by atoms with van der Waals surface area (Å²) in [5, 5.41) is 3.08. The molecular weight excluding hydrogens is 192 g/mol. The highest BCUT2D eigenvalue weighted by atomic mass is 16.5. The number of ether oxygens (including phenoxy) is 2. The number of nitrogens with zero attached hydrogens (tertiary/aromatic N) is 1. The average molecular weight is 210 g/mol. The minimum atomic E-state index is 0.545. The summed E-state index contributed by atoms with van der Waals surface area (Å²) in [6.07, 6.45) is 1.75. The molecule has 15 heavy (non-hydrogen) atoms. The van der Waals surface area contributed by atoms with Crippen LogP contribution >= 0.6 is 0 Å². The van der Waals surface area contributed by atoms with E-state index in [1.54, 1.807) is 6.20 Å². The van der Waals surface area contributed by atoms with Gasteiger partial charge in [0.05, 0.1) is 6.61 Å². The van der Waals surface area contributed by atoms with Crippen molar-refractivity contribution in [1.82, 2.24) is 10.3 Å². The van der Waals surface area contributed by atoms with Gasteiger partial charge in [-0.05, 0) is 25.6 Å². The van der Waals surface area contributed by atoms with Crippen LogP contribution in [0.15, 0.2) is 18.3 Å². The summed E-state index contributed by atoms with van der Waals surface area (Å²) in [6.45, 7) is 4.66. The first-order chi connectivity index (χ1) is 7.36. The van der Waals surface area contributed by atoms with Crippen LogP contribution in [0.2, 0.25) is 0 Å². The van der Waals surface area contributed by atoms with E-state index in [-0.39, 0.29) is 0 Å². The van der Waals surface area contributed by atoms with E-state index in [0.717, 1.165) is 13.2 Å². The molecule has 0 radical (unpaired) electrons. The number of rotatable bonds is 7. The average Bonchev–Trinajstić information content (AvgIpc) is 2.26. The number of aromatic nitrogens is 1. The summed E-state index contributed by atoms with van der Waals surface area (Å²) >= 11 is 0. The molecule has 0 unspecified atom stereocenters. The Hall–Kier alpha value is -1.13. The Balaban J connectivity index is 2.36. The fourth-order valence-electron chi connectivity index (χ4n) is 1.19. The van der Waals surface area contributed by atoms with Gasteiger partial charge in [-0.1, -0.05) is 0 Å². The zero-order valence-electron chi connectivity index (χ0n) is 9.32. The first kappa shape index (κ1) is 11.9. The second kappa shape index (κ2) is 7.20. The molecule has 84 valence electrons. The summed E-state index contributed by atoms with van der Waals surface area (Å²) < 4.78 is 10.6. The highest BCUT2D eigenvalue weighted by Crippen LogP contribution is 2.08. The summed E-state index contributed by atoms with van der Waals surface area (Å²) in [7, 11) is 1.91. The lowest BCUT2D eigenvalue weighted by atomic mass is 10.3. The molecule has 0 aliphatic heterocycles. The van der Waals surface area contributed by atoms with Gasteiger partial charge >= 0.3 is 0 Å². The van der Waals surface area contributed by atoms with Crippen LogP contribution < -0.4 is 10.1 Å². The molecule has 0 aliphatic carbocycles. The molecule has 0 saturated carbocycles. The lowest BCUT2D eigenvalue weighted by Gasteiger charge is -2.06. The Morgan fingerprint density at radius 3 is 3.00 bits per heavy atom. The van der Waals surface area contributed by atoms with Gasteiger partial charge in [0.15, 0.2) is 0 Å². The topological polar surface area (TPSA) is 43.4 Å². The monoisotopic (exact) mass is 210 g/mol. The van der Waals surface area contributed by atoms with E-state index < -0.39 is 0 Å². The van der Waals surface area contributed by atoms with Crippen molar-refractivity contribution in [1.29, 1.82) is 0 Å². The zero-order valence-corrected chi connectivity index (χ0v) is 9.32. The SMILES string of the molecule is CCOCCOc1cc(CNC)ccn1. The highest BCUT2D eigenvalue weighted by molar-refractivity contribution is 5.20. The second-order valence-corrected chi connectivity index (χ2v) is 3.08. The summed E-state index contributed by atoms with van der Waals surface area (Å²) in [5.74, 6) is 0.655. The Morgan fingerprint density at radius 2 is 2.27 bits per heavy atom. The van der Waals surface area contributed by atoms with E-state index in [9.17, 15) is 0 Å². The predicted molar refractivity (Wildman–Crippen MR) is 59.0 cm³/mol. The zero-order chi connectivity index (χ0) is 10.9. The maximum atomic E-state index is 5.43. The molecule has 0 saturated heterocycles. The fourth-order valence-corrected chi connectivity index (χ4v) is 1.19. The van der Waals surface area contributed by atoms with Crippen LogP contribution in [0.4, 0.5) is 0 Å². The Bertz CT molecular complexity index is 279. The van der Waals surface area contributed by atoms with Gasteiger partial charge in [0.2, 0.25) is 5.88 Å². The Morgan fingerprint density at radius 1 is 1.40 bits per heavy atom. The van der Waals surface area contributed by atoms with E-state index in [4.69, 9.17) is 9.47 Å². The van der Waals surface area contributed by atoms with Gasteiger partial charge in [-0.25, -0.2) is 4.98 Å². The van der Waals surface area contributed by atoms with Crippen LogP contribution in [0.1, 0.15) is 12.5 Å². The van der Waals surface area contributed by atoms with Crippen LogP contribution in [0, 0.1) is 0 Å². The van der Waals surface area contributed by atoms with Crippen molar-refractivity contribution in [3.63, 3.8) is 0 Å². The second-order valence-electron chi connectivity index (χ2n) is 3.08. The van der Waals surface area contributed by atoms with Gasteiger partial charge in [-0.15, -0.1) is 0 Å². The number of hydrogen-bond acceptors (Lipinski definition) is 4. The molecule has 4 heteroatoms. The van der Waals surface area contributed by atoms with Crippen LogP contribution in [-0.2, 0) is 11.3 Å². The largest absolute Gasteiger partial charge is 0.475 e. The molecule has 1 N–H and O–H groups in total. The number of hydrogen-bond donors (Lipinski definition) is 1. The van der Waals surface area contributed by atoms with Gasteiger partial charge in [0.25, 0.3) is 0 Å². The minimum Gasteiger partial charge on any atom is -0.475 e. The number of pyridine rings is 1. The third kappa shape index (κ3) is 4.76. The van der Waals surface area contributed by atoms with E-state index in [1.807, 2.05) is 26.1 Å². The maximum absolute atomic E-state index is 5.43. The van der Waals surface area contributed by atoms with Gasteiger partial charge in [-0.3, -0.25) is 0 Å². The molecule has 0 aromatic carbocycles. The van der Waals surface area contributed by atoms with Gasteiger partial charge in [0.1, 0.15) is 6.61 Å². The smallest absolute Gasteiger partial charge is 0.213 e. The highest BCUT2D eigenvalue weighted by Gasteiger charge is 1.97. The molecule has 1 aromatic rings. The van der Waals surface area contributed by atoms with Crippen LogP contribution in [0.3, 0.4) is 0 Å². The Kier molecular flexibility index (Phi) is 5.73. The first-order valence-electron chi connectivity index (χ1n) is 5.17. The minimum absolute atomic E-state index is 0.545. The van der Waals surface area contributed by atoms with Crippen molar-refractivity contribution in [2.75, 3.05) is 26.9 Å². The molecular formula is C11H18N2O2. The molecule has 0 atom stereocenters. The van der Waals surface area contributed by atoms with Gasteiger partial charge in [-0.2, -0.15) is 0 Å². The summed E-state index contributed by atoms with van der Waals surface area (Å²) in [6, 6.07) is 3.90. The molecule has 0 amide bonds. The Labute approximate surface area is 90.6 Å². The fraction of sp³-hybridized carbons (Fsp3) is 0.545. The third-order valence-electron chi connectivity index (χ3n) is 1.86. The quantitative estimate of drug-likeness (QED) is 0.687. The molecule has 0 bridgehead atoms. The molecule has 1 aromatic heterocycles. The maximum Gasteiger partial charge on any atom is 0.213 e. The lowest BCUT2D eigenvalue weighted by molar-refractivity contribution is 0.108. The number of nitrogens with one attached hydrogen (secondary N) is 1. The van der Waals surface area contributed by atoms with Crippen LogP contribution in [-0.4, -0.2) is 31.9 Å². The van der Waals surface area contributed by atoms with E-state index in [1.165, 1.54) is 5.56 Å².